The highest BCUT2D eigenvalue weighted by molar-refractivity contribution is 6.38. The van der Waals surface area contributed by atoms with Gasteiger partial charge in [-0.25, -0.2) is 9.59 Å². The predicted octanol–water partition coefficient (Wildman–Crippen LogP) is 3.55. The molecular formula is C39H67N5O10. The molecule has 0 aromatic carbocycles. The quantitative estimate of drug-likeness (QED) is 0.141. The zero-order valence-corrected chi connectivity index (χ0v) is 35.0. The summed E-state index contributed by atoms with van der Waals surface area (Å²) in [6.45, 7) is 24.9. The highest BCUT2D eigenvalue weighted by Crippen LogP contribution is 2.43. The molecular weight excluding hydrogens is 698 g/mol. The lowest BCUT2D eigenvalue weighted by atomic mass is 9.84. The number of amides is 5. The van der Waals surface area contributed by atoms with Crippen LogP contribution in [-0.2, 0) is 43.0 Å². The summed E-state index contributed by atoms with van der Waals surface area (Å²) in [5.74, 6) is -4.55. The second-order valence-corrected chi connectivity index (χ2v) is 18.6. The zero-order chi connectivity index (χ0) is 41.6. The van der Waals surface area contributed by atoms with Crippen molar-refractivity contribution in [2.75, 3.05) is 13.1 Å². The third-order valence-electron chi connectivity index (χ3n) is 9.20. The minimum absolute atomic E-state index is 0.0605. The average molecular weight is 766 g/mol. The second kappa shape index (κ2) is 18.3. The highest BCUT2D eigenvalue weighted by Gasteiger charge is 2.57. The zero-order valence-electron chi connectivity index (χ0n) is 35.0. The Hall–Kier alpha value is -3.75. The van der Waals surface area contributed by atoms with Crippen molar-refractivity contribution in [3.8, 4) is 0 Å². The topological polar surface area (TPSA) is 199 Å². The number of rotatable bonds is 15. The molecule has 0 radical (unpaired) electrons. The van der Waals surface area contributed by atoms with Crippen LogP contribution in [0.15, 0.2) is 0 Å². The Morgan fingerprint density at radius 1 is 0.870 bits per heavy atom. The summed E-state index contributed by atoms with van der Waals surface area (Å²) in [5.41, 5.74) is -2.85. The first-order valence-corrected chi connectivity index (χ1v) is 19.2. The number of carbonyl (C=O) groups is 7. The van der Waals surface area contributed by atoms with E-state index >= 15 is 0 Å². The summed E-state index contributed by atoms with van der Waals surface area (Å²) in [7, 11) is 0. The fourth-order valence-electron chi connectivity index (χ4n) is 6.73. The van der Waals surface area contributed by atoms with Gasteiger partial charge in [0, 0.05) is 19.0 Å². The van der Waals surface area contributed by atoms with Gasteiger partial charge in [0.2, 0.25) is 17.6 Å². The third-order valence-corrected chi connectivity index (χ3v) is 9.20. The third kappa shape index (κ3) is 13.5. The van der Waals surface area contributed by atoms with Crippen molar-refractivity contribution in [2.24, 2.45) is 16.7 Å². The molecule has 0 aliphatic carbocycles. The maximum Gasteiger partial charge on any atom is 0.329 e. The molecule has 0 aromatic rings. The average Bonchev–Trinajstić information content (AvgIpc) is 3.48. The monoisotopic (exact) mass is 765 g/mol. The molecule has 0 spiro atoms. The van der Waals surface area contributed by atoms with Crippen molar-refractivity contribution >= 4 is 41.5 Å². The molecule has 4 N–H and O–H groups in total. The Labute approximate surface area is 321 Å². The molecule has 0 saturated carbocycles. The van der Waals surface area contributed by atoms with Crippen LogP contribution >= 0.6 is 0 Å². The van der Waals surface area contributed by atoms with E-state index in [1.165, 1.54) is 4.90 Å². The van der Waals surface area contributed by atoms with Crippen LogP contribution < -0.4 is 21.3 Å². The SMILES string of the molecule is CCCCC(NC(=O)C1[C@H]2CC(C)(C)O[C@H]2CN1C(=O)[C@@H](NC(=O)N[C@H](C(=O)OC(C)C)C(C)(C)C)C(C)(C)C)C(=O)C(=O)NCCC(=O)OC(C)(C)C. The van der Waals surface area contributed by atoms with E-state index in [1.54, 1.807) is 76.2 Å². The minimum Gasteiger partial charge on any atom is -0.461 e. The van der Waals surface area contributed by atoms with Crippen LogP contribution in [0.4, 0.5) is 4.79 Å². The molecule has 0 aromatic heterocycles. The number of esters is 2. The number of ketones is 1. The lowest BCUT2D eigenvalue weighted by Gasteiger charge is -2.37. The van der Waals surface area contributed by atoms with Crippen LogP contribution in [0, 0.1) is 16.7 Å². The van der Waals surface area contributed by atoms with Crippen LogP contribution in [0.3, 0.4) is 0 Å². The van der Waals surface area contributed by atoms with Gasteiger partial charge in [-0.1, -0.05) is 61.3 Å². The largest absolute Gasteiger partial charge is 0.461 e. The van der Waals surface area contributed by atoms with Crippen LogP contribution in [0.5, 0.6) is 0 Å². The number of likely N-dealkylation sites (tertiary alicyclic amines) is 1. The van der Waals surface area contributed by atoms with E-state index in [2.05, 4.69) is 21.3 Å². The number of unbranched alkanes of at least 4 members (excludes halogenated alkanes) is 1. The van der Waals surface area contributed by atoms with E-state index in [4.69, 9.17) is 14.2 Å². The van der Waals surface area contributed by atoms with E-state index < -0.39 is 106 Å². The number of urea groups is 1. The van der Waals surface area contributed by atoms with Crippen molar-refractivity contribution in [1.29, 1.82) is 0 Å². The van der Waals surface area contributed by atoms with Gasteiger partial charge in [0.25, 0.3) is 5.91 Å². The molecule has 2 saturated heterocycles. The molecule has 2 fully saturated rings. The van der Waals surface area contributed by atoms with Gasteiger partial charge in [-0.2, -0.15) is 0 Å². The fraction of sp³-hybridized carbons (Fsp3) is 0.821. The van der Waals surface area contributed by atoms with Gasteiger partial charge >= 0.3 is 18.0 Å². The smallest absolute Gasteiger partial charge is 0.329 e. The first-order valence-electron chi connectivity index (χ1n) is 19.2. The number of hydrogen-bond donors (Lipinski definition) is 4. The molecule has 2 aliphatic heterocycles. The van der Waals surface area contributed by atoms with Crippen LogP contribution in [0.25, 0.3) is 0 Å². The number of hydrogen-bond acceptors (Lipinski definition) is 10. The van der Waals surface area contributed by atoms with Crippen molar-refractivity contribution in [1.82, 2.24) is 26.2 Å². The Bertz CT molecular complexity index is 1390. The fourth-order valence-corrected chi connectivity index (χ4v) is 6.73. The molecule has 2 unspecified atom stereocenters. The summed E-state index contributed by atoms with van der Waals surface area (Å²) >= 11 is 0. The molecule has 2 heterocycles. The summed E-state index contributed by atoms with van der Waals surface area (Å²) in [6, 6.07) is -5.19. The molecule has 15 heteroatoms. The van der Waals surface area contributed by atoms with Crippen molar-refractivity contribution in [3.63, 3.8) is 0 Å². The first-order chi connectivity index (χ1) is 24.6. The van der Waals surface area contributed by atoms with E-state index in [0.717, 1.165) is 0 Å². The Morgan fingerprint density at radius 2 is 1.44 bits per heavy atom. The summed E-state index contributed by atoms with van der Waals surface area (Å²) in [5, 5.41) is 10.7. The van der Waals surface area contributed by atoms with Gasteiger partial charge in [0.05, 0.1) is 30.3 Å². The Balaban J connectivity index is 2.36. The maximum absolute atomic E-state index is 14.5. The van der Waals surface area contributed by atoms with Crippen LogP contribution in [-0.4, -0.2) is 107 Å². The van der Waals surface area contributed by atoms with Gasteiger partial charge < -0.3 is 40.4 Å². The summed E-state index contributed by atoms with van der Waals surface area (Å²) < 4.78 is 16.9. The standard InChI is InChI=1S/C39H67N5O10/c1-15-16-17-24(28(46)32(48)40-19-18-26(45)54-38(10,11)12)41-31(47)27-23-20-39(13,14)53-25(23)21-44(27)33(49)29(36(4,5)6)42-35(51)43-30(37(7,8)9)34(50)52-22(2)3/h22-25,27,29-30H,15-21H2,1-14H3,(H,40,48)(H,41,47)(H2,42,43,51)/t23-,24?,25-,27?,29+,30+/m0/s1. The second-order valence-electron chi connectivity index (χ2n) is 18.6. The normalized spacial score (nSPS) is 21.3. The summed E-state index contributed by atoms with van der Waals surface area (Å²) in [6.07, 6.45) is 0.799. The van der Waals surface area contributed by atoms with E-state index in [1.807, 2.05) is 20.8 Å². The molecule has 54 heavy (non-hydrogen) atoms. The number of Topliss-reactive ketones (excluding diaryl/α,β-unsaturated/α-hetero) is 1. The van der Waals surface area contributed by atoms with Crippen LogP contribution in [0.1, 0.15) is 129 Å². The van der Waals surface area contributed by atoms with Crippen molar-refractivity contribution < 1.29 is 47.8 Å². The maximum atomic E-state index is 14.5. The van der Waals surface area contributed by atoms with E-state index in [-0.39, 0.29) is 25.9 Å². The Kier molecular flexibility index (Phi) is 15.7. The number of ether oxygens (including phenoxy) is 3. The van der Waals surface area contributed by atoms with Gasteiger partial charge in [0.1, 0.15) is 23.7 Å². The summed E-state index contributed by atoms with van der Waals surface area (Å²) in [4.78, 5) is 95.2. The molecule has 5 amide bonds. The minimum atomic E-state index is -1.19. The Morgan fingerprint density at radius 3 is 1.96 bits per heavy atom. The molecule has 308 valence electrons. The molecule has 2 rings (SSSR count). The molecule has 6 atom stereocenters. The predicted molar refractivity (Wildman–Crippen MR) is 202 cm³/mol. The van der Waals surface area contributed by atoms with Crippen molar-refractivity contribution in [3.05, 3.63) is 0 Å². The number of nitrogens with zero attached hydrogens (tertiary/aromatic N) is 1. The van der Waals surface area contributed by atoms with E-state index in [0.29, 0.717) is 19.3 Å². The van der Waals surface area contributed by atoms with Crippen LogP contribution in [0.2, 0.25) is 0 Å². The highest BCUT2D eigenvalue weighted by atomic mass is 16.6. The number of fused-ring (bicyclic) bond motifs is 1. The van der Waals surface area contributed by atoms with Gasteiger partial charge in [-0.15, -0.1) is 0 Å². The number of carbonyl (C=O) groups excluding carboxylic acids is 7. The number of nitrogens with one attached hydrogen (secondary N) is 4. The van der Waals surface area contributed by atoms with E-state index in [9.17, 15) is 33.6 Å². The first kappa shape index (κ1) is 46.4. The van der Waals surface area contributed by atoms with Gasteiger partial charge in [-0.05, 0) is 72.1 Å². The molecule has 15 nitrogen and oxygen atoms in total. The molecule has 2 aliphatic rings. The van der Waals surface area contributed by atoms with Crippen molar-refractivity contribution in [2.45, 2.75) is 177 Å². The lowest BCUT2D eigenvalue weighted by molar-refractivity contribution is -0.155. The lowest BCUT2D eigenvalue weighted by Crippen LogP contribution is -2.62. The van der Waals surface area contributed by atoms with Gasteiger partial charge in [0.15, 0.2) is 0 Å². The van der Waals surface area contributed by atoms with Gasteiger partial charge in [-0.3, -0.25) is 24.0 Å². The molecule has 0 bridgehead atoms.